The molecule has 3 aromatic rings. The lowest BCUT2D eigenvalue weighted by Gasteiger charge is -2.12. The first-order chi connectivity index (χ1) is 12.8. The molecule has 0 fully saturated rings. The SMILES string of the molecule is Cc1ccc(CNc2ccc(NS(=O)(=O)c3cc(C)ccc3C)cn2)cc1. The number of sulfonamides is 1. The lowest BCUT2D eigenvalue weighted by molar-refractivity contribution is 0.600. The maximum atomic E-state index is 12.6. The van der Waals surface area contributed by atoms with Crippen LogP contribution in [0, 0.1) is 20.8 Å². The summed E-state index contributed by atoms with van der Waals surface area (Å²) in [6, 6.07) is 17.1. The molecule has 0 radical (unpaired) electrons. The van der Waals surface area contributed by atoms with E-state index in [-0.39, 0.29) is 4.90 Å². The minimum absolute atomic E-state index is 0.282. The molecule has 3 rings (SSSR count). The highest BCUT2D eigenvalue weighted by Crippen LogP contribution is 2.21. The number of benzene rings is 2. The third-order valence-corrected chi connectivity index (χ3v) is 5.77. The van der Waals surface area contributed by atoms with E-state index in [1.165, 1.54) is 11.8 Å². The molecular formula is C21H23N3O2S. The van der Waals surface area contributed by atoms with Crippen LogP contribution in [0.3, 0.4) is 0 Å². The predicted octanol–water partition coefficient (Wildman–Crippen LogP) is 4.42. The van der Waals surface area contributed by atoms with Crippen molar-refractivity contribution in [3.05, 3.63) is 83.0 Å². The van der Waals surface area contributed by atoms with Crippen LogP contribution >= 0.6 is 0 Å². The van der Waals surface area contributed by atoms with Crippen LogP contribution in [0.1, 0.15) is 22.3 Å². The highest BCUT2D eigenvalue weighted by atomic mass is 32.2. The normalized spacial score (nSPS) is 11.2. The van der Waals surface area contributed by atoms with E-state index >= 15 is 0 Å². The predicted molar refractivity (Wildman–Crippen MR) is 109 cm³/mol. The van der Waals surface area contributed by atoms with Crippen molar-refractivity contribution < 1.29 is 8.42 Å². The second-order valence-corrected chi connectivity index (χ2v) is 8.30. The molecule has 0 unspecified atom stereocenters. The summed E-state index contributed by atoms with van der Waals surface area (Å²) in [7, 11) is -3.65. The first-order valence-electron chi connectivity index (χ1n) is 8.69. The quantitative estimate of drug-likeness (QED) is 0.663. The molecule has 27 heavy (non-hydrogen) atoms. The van der Waals surface area contributed by atoms with Crippen molar-refractivity contribution in [1.29, 1.82) is 0 Å². The number of nitrogens with one attached hydrogen (secondary N) is 2. The van der Waals surface area contributed by atoms with Crippen molar-refractivity contribution in [2.45, 2.75) is 32.2 Å². The zero-order valence-corrected chi connectivity index (χ0v) is 16.5. The molecule has 0 saturated carbocycles. The molecule has 1 heterocycles. The summed E-state index contributed by atoms with van der Waals surface area (Å²) in [5.74, 6) is 0.685. The third-order valence-electron chi connectivity index (χ3n) is 4.24. The van der Waals surface area contributed by atoms with Crippen LogP contribution in [0.5, 0.6) is 0 Å². The summed E-state index contributed by atoms with van der Waals surface area (Å²) < 4.78 is 27.9. The number of anilines is 2. The molecule has 5 nitrogen and oxygen atoms in total. The topological polar surface area (TPSA) is 71.1 Å². The first-order valence-corrected chi connectivity index (χ1v) is 10.2. The zero-order chi connectivity index (χ0) is 19.4. The summed E-state index contributed by atoms with van der Waals surface area (Å²) in [4.78, 5) is 4.57. The van der Waals surface area contributed by atoms with Crippen molar-refractivity contribution in [2.75, 3.05) is 10.0 Å². The fourth-order valence-corrected chi connectivity index (χ4v) is 4.04. The fraction of sp³-hybridized carbons (Fsp3) is 0.190. The molecule has 0 saturated heterocycles. The van der Waals surface area contributed by atoms with Gasteiger partial charge in [-0.3, -0.25) is 4.72 Å². The monoisotopic (exact) mass is 381 g/mol. The van der Waals surface area contributed by atoms with E-state index < -0.39 is 10.0 Å². The summed E-state index contributed by atoms with van der Waals surface area (Å²) >= 11 is 0. The van der Waals surface area contributed by atoms with Gasteiger partial charge in [0.05, 0.1) is 16.8 Å². The maximum absolute atomic E-state index is 12.6. The summed E-state index contributed by atoms with van der Waals surface area (Å²) in [5.41, 5.74) is 4.41. The summed E-state index contributed by atoms with van der Waals surface area (Å²) in [5, 5.41) is 3.23. The van der Waals surface area contributed by atoms with E-state index in [4.69, 9.17) is 0 Å². The minimum atomic E-state index is -3.65. The highest BCUT2D eigenvalue weighted by Gasteiger charge is 2.17. The molecule has 0 atom stereocenters. The Labute approximate surface area is 160 Å². The van der Waals surface area contributed by atoms with Crippen LogP contribution in [0.4, 0.5) is 11.5 Å². The molecule has 140 valence electrons. The lowest BCUT2D eigenvalue weighted by Crippen LogP contribution is -2.14. The van der Waals surface area contributed by atoms with Gasteiger partial charge in [0.25, 0.3) is 10.0 Å². The van der Waals surface area contributed by atoms with Crippen molar-refractivity contribution in [3.8, 4) is 0 Å². The van der Waals surface area contributed by atoms with E-state index in [9.17, 15) is 8.42 Å². The zero-order valence-electron chi connectivity index (χ0n) is 15.7. The van der Waals surface area contributed by atoms with Crippen LogP contribution in [-0.2, 0) is 16.6 Å². The average Bonchev–Trinajstić information content (AvgIpc) is 2.64. The second kappa shape index (κ2) is 7.80. The van der Waals surface area contributed by atoms with E-state index in [2.05, 4.69) is 46.2 Å². The van der Waals surface area contributed by atoms with Gasteiger partial charge >= 0.3 is 0 Å². The standard InChI is InChI=1S/C21H23N3O2S/c1-15-5-8-18(9-6-15)13-22-21-11-10-19(14-23-21)24-27(25,26)20-12-16(2)4-7-17(20)3/h4-12,14,24H,13H2,1-3H3,(H,22,23). The minimum Gasteiger partial charge on any atom is -0.366 e. The Kier molecular flexibility index (Phi) is 5.46. The van der Waals surface area contributed by atoms with Gasteiger partial charge in [-0.1, -0.05) is 42.0 Å². The van der Waals surface area contributed by atoms with E-state index in [1.807, 2.05) is 13.0 Å². The van der Waals surface area contributed by atoms with Crippen LogP contribution in [0.15, 0.2) is 65.7 Å². The molecule has 0 amide bonds. The largest absolute Gasteiger partial charge is 0.366 e. The van der Waals surface area contributed by atoms with Gasteiger partial charge < -0.3 is 5.32 Å². The van der Waals surface area contributed by atoms with Gasteiger partial charge in [0.15, 0.2) is 0 Å². The number of hydrogen-bond donors (Lipinski definition) is 2. The Hall–Kier alpha value is -2.86. The third kappa shape index (κ3) is 4.86. The van der Waals surface area contributed by atoms with Crippen LogP contribution in [0.25, 0.3) is 0 Å². The molecule has 0 aliphatic carbocycles. The van der Waals surface area contributed by atoms with Crippen molar-refractivity contribution in [1.82, 2.24) is 4.98 Å². The van der Waals surface area contributed by atoms with Crippen LogP contribution < -0.4 is 10.0 Å². The molecule has 0 spiro atoms. The van der Waals surface area contributed by atoms with Gasteiger partial charge in [0.1, 0.15) is 5.82 Å². The smallest absolute Gasteiger partial charge is 0.262 e. The molecule has 0 bridgehead atoms. The van der Waals surface area contributed by atoms with Crippen LogP contribution in [0.2, 0.25) is 0 Å². The number of hydrogen-bond acceptors (Lipinski definition) is 4. The molecular weight excluding hydrogens is 358 g/mol. The Morgan fingerprint density at radius 3 is 2.26 bits per heavy atom. The second-order valence-electron chi connectivity index (χ2n) is 6.65. The molecule has 1 aromatic heterocycles. The Morgan fingerprint density at radius 2 is 1.59 bits per heavy atom. The van der Waals surface area contributed by atoms with E-state index in [0.29, 0.717) is 23.6 Å². The molecule has 0 aliphatic rings. The highest BCUT2D eigenvalue weighted by molar-refractivity contribution is 7.92. The van der Waals surface area contributed by atoms with Gasteiger partial charge in [-0.2, -0.15) is 0 Å². The molecule has 2 aromatic carbocycles. The number of aromatic nitrogens is 1. The van der Waals surface area contributed by atoms with Crippen molar-refractivity contribution >= 4 is 21.5 Å². The van der Waals surface area contributed by atoms with Gasteiger partial charge in [0, 0.05) is 6.54 Å². The molecule has 2 N–H and O–H groups in total. The molecule has 0 aliphatic heterocycles. The van der Waals surface area contributed by atoms with Gasteiger partial charge in [-0.25, -0.2) is 13.4 Å². The average molecular weight is 382 g/mol. The Bertz CT molecular complexity index is 1030. The fourth-order valence-electron chi connectivity index (χ4n) is 2.66. The van der Waals surface area contributed by atoms with Crippen molar-refractivity contribution in [3.63, 3.8) is 0 Å². The first kappa shape index (κ1) is 18.9. The van der Waals surface area contributed by atoms with Gasteiger partial charge in [-0.05, 0) is 55.7 Å². The van der Waals surface area contributed by atoms with E-state index in [0.717, 1.165) is 11.1 Å². The Balaban J connectivity index is 1.68. The van der Waals surface area contributed by atoms with Gasteiger partial charge in [0.2, 0.25) is 0 Å². The van der Waals surface area contributed by atoms with Crippen molar-refractivity contribution in [2.24, 2.45) is 0 Å². The number of pyridine rings is 1. The van der Waals surface area contributed by atoms with Crippen LogP contribution in [-0.4, -0.2) is 13.4 Å². The van der Waals surface area contributed by atoms with E-state index in [1.54, 1.807) is 31.2 Å². The maximum Gasteiger partial charge on any atom is 0.262 e. The van der Waals surface area contributed by atoms with Gasteiger partial charge in [-0.15, -0.1) is 0 Å². The number of rotatable bonds is 6. The molecule has 6 heteroatoms. The number of aryl methyl sites for hydroxylation is 3. The Morgan fingerprint density at radius 1 is 0.889 bits per heavy atom. The summed E-state index contributed by atoms with van der Waals surface area (Å²) in [6.45, 7) is 6.36. The summed E-state index contributed by atoms with van der Waals surface area (Å²) in [6.07, 6.45) is 1.51. The number of nitrogens with zero attached hydrogens (tertiary/aromatic N) is 1. The lowest BCUT2D eigenvalue weighted by atomic mass is 10.1.